The van der Waals surface area contributed by atoms with Gasteiger partial charge < -0.3 is 9.84 Å². The van der Waals surface area contributed by atoms with Crippen molar-refractivity contribution in [2.45, 2.75) is 19.6 Å². The minimum Gasteiger partial charge on any atom is -0.454 e. The van der Waals surface area contributed by atoms with E-state index in [9.17, 15) is 9.90 Å². The van der Waals surface area contributed by atoms with Crippen LogP contribution in [0, 0.1) is 6.92 Å². The Kier molecular flexibility index (Phi) is 1.48. The van der Waals surface area contributed by atoms with Crippen LogP contribution in [0.4, 0.5) is 0 Å². The van der Waals surface area contributed by atoms with Crippen LogP contribution in [0.5, 0.6) is 5.75 Å². The summed E-state index contributed by atoms with van der Waals surface area (Å²) in [6, 6.07) is 5.26. The SMILES string of the molecule is Cc1ccc2c(c1)C(=O)C(C)(O)O2. The Morgan fingerprint density at radius 1 is 1.46 bits per heavy atom. The fraction of sp³-hybridized carbons (Fsp3) is 0.300. The summed E-state index contributed by atoms with van der Waals surface area (Å²) in [6.45, 7) is 3.24. The Labute approximate surface area is 76.0 Å². The summed E-state index contributed by atoms with van der Waals surface area (Å²) in [7, 11) is 0. The van der Waals surface area contributed by atoms with Crippen LogP contribution in [0.15, 0.2) is 18.2 Å². The molecule has 0 aliphatic carbocycles. The van der Waals surface area contributed by atoms with Crippen molar-refractivity contribution in [2.24, 2.45) is 0 Å². The van der Waals surface area contributed by atoms with Crippen LogP contribution in [0.1, 0.15) is 22.8 Å². The van der Waals surface area contributed by atoms with Gasteiger partial charge in [-0.15, -0.1) is 0 Å². The van der Waals surface area contributed by atoms with Crippen LogP contribution >= 0.6 is 0 Å². The van der Waals surface area contributed by atoms with Gasteiger partial charge in [-0.05, 0) is 19.1 Å². The molecule has 0 saturated heterocycles. The second-order valence-corrected chi connectivity index (χ2v) is 3.41. The number of aryl methyl sites for hydroxylation is 1. The fourth-order valence-corrected chi connectivity index (χ4v) is 1.42. The quantitative estimate of drug-likeness (QED) is 0.651. The van der Waals surface area contributed by atoms with Gasteiger partial charge in [0.2, 0.25) is 5.78 Å². The van der Waals surface area contributed by atoms with E-state index in [1.54, 1.807) is 12.1 Å². The summed E-state index contributed by atoms with van der Waals surface area (Å²) in [5.74, 6) is -1.59. The first-order chi connectivity index (χ1) is 6.00. The Balaban J connectivity index is 2.57. The van der Waals surface area contributed by atoms with Gasteiger partial charge in [0.1, 0.15) is 5.75 Å². The van der Waals surface area contributed by atoms with Crippen molar-refractivity contribution in [3.63, 3.8) is 0 Å². The fourth-order valence-electron chi connectivity index (χ4n) is 1.42. The maximum Gasteiger partial charge on any atom is 0.269 e. The van der Waals surface area contributed by atoms with E-state index >= 15 is 0 Å². The molecule has 0 amide bonds. The number of Topliss-reactive ketones (excluding diaryl/α,β-unsaturated/α-hetero) is 1. The van der Waals surface area contributed by atoms with Crippen LogP contribution in [-0.2, 0) is 0 Å². The zero-order valence-corrected chi connectivity index (χ0v) is 7.50. The number of aliphatic hydroxyl groups is 1. The highest BCUT2D eigenvalue weighted by atomic mass is 16.6. The predicted molar refractivity (Wildman–Crippen MR) is 46.8 cm³/mol. The first kappa shape index (κ1) is 8.26. The molecular formula is C10H10O3. The molecule has 1 atom stereocenters. The Morgan fingerprint density at radius 3 is 2.85 bits per heavy atom. The van der Waals surface area contributed by atoms with Crippen molar-refractivity contribution in [3.05, 3.63) is 29.3 Å². The third kappa shape index (κ3) is 1.12. The summed E-state index contributed by atoms with van der Waals surface area (Å²) < 4.78 is 5.07. The molecule has 68 valence electrons. The summed E-state index contributed by atoms with van der Waals surface area (Å²) in [5, 5.41) is 9.50. The molecule has 0 radical (unpaired) electrons. The number of ketones is 1. The van der Waals surface area contributed by atoms with E-state index in [2.05, 4.69) is 0 Å². The summed E-state index contributed by atoms with van der Waals surface area (Å²) in [4.78, 5) is 11.5. The molecule has 0 bridgehead atoms. The molecule has 1 aliphatic heterocycles. The van der Waals surface area contributed by atoms with Gasteiger partial charge in [-0.1, -0.05) is 11.6 Å². The number of carbonyl (C=O) groups is 1. The summed E-state index contributed by atoms with van der Waals surface area (Å²) >= 11 is 0. The van der Waals surface area contributed by atoms with E-state index in [1.807, 2.05) is 13.0 Å². The van der Waals surface area contributed by atoms with Gasteiger partial charge in [-0.3, -0.25) is 4.79 Å². The van der Waals surface area contributed by atoms with Crippen molar-refractivity contribution >= 4 is 5.78 Å². The van der Waals surface area contributed by atoms with Crippen LogP contribution in [0.25, 0.3) is 0 Å². The maximum absolute atomic E-state index is 11.5. The highest BCUT2D eigenvalue weighted by molar-refractivity contribution is 6.06. The van der Waals surface area contributed by atoms with E-state index in [4.69, 9.17) is 4.74 Å². The van der Waals surface area contributed by atoms with E-state index in [1.165, 1.54) is 6.92 Å². The molecule has 13 heavy (non-hydrogen) atoms. The average molecular weight is 178 g/mol. The van der Waals surface area contributed by atoms with Gasteiger partial charge >= 0.3 is 0 Å². The van der Waals surface area contributed by atoms with Crippen molar-refractivity contribution in [1.29, 1.82) is 0 Å². The van der Waals surface area contributed by atoms with Crippen LogP contribution in [-0.4, -0.2) is 16.7 Å². The zero-order valence-electron chi connectivity index (χ0n) is 7.50. The van der Waals surface area contributed by atoms with E-state index in [0.717, 1.165) is 5.56 Å². The molecule has 1 aromatic rings. The number of benzene rings is 1. The van der Waals surface area contributed by atoms with E-state index < -0.39 is 5.79 Å². The lowest BCUT2D eigenvalue weighted by Crippen LogP contribution is -2.35. The molecular weight excluding hydrogens is 168 g/mol. The Morgan fingerprint density at radius 2 is 2.15 bits per heavy atom. The highest BCUT2D eigenvalue weighted by Gasteiger charge is 2.41. The smallest absolute Gasteiger partial charge is 0.269 e. The number of fused-ring (bicyclic) bond motifs is 1. The summed E-state index contributed by atoms with van der Waals surface area (Å²) in [6.07, 6.45) is 0. The normalized spacial score (nSPS) is 25.6. The van der Waals surface area contributed by atoms with Crippen LogP contribution in [0.2, 0.25) is 0 Å². The van der Waals surface area contributed by atoms with Crippen molar-refractivity contribution in [1.82, 2.24) is 0 Å². The van der Waals surface area contributed by atoms with Gasteiger partial charge in [0.15, 0.2) is 0 Å². The minimum absolute atomic E-state index is 0.369. The molecule has 0 fully saturated rings. The average Bonchev–Trinajstić information content (AvgIpc) is 2.26. The van der Waals surface area contributed by atoms with Gasteiger partial charge in [-0.25, -0.2) is 0 Å². The second kappa shape index (κ2) is 2.33. The molecule has 2 rings (SSSR count). The van der Waals surface area contributed by atoms with Gasteiger partial charge in [0.25, 0.3) is 5.79 Å². The van der Waals surface area contributed by atoms with Crippen LogP contribution in [0.3, 0.4) is 0 Å². The first-order valence-electron chi connectivity index (χ1n) is 4.07. The molecule has 1 heterocycles. The standard InChI is InChI=1S/C10H10O3/c1-6-3-4-8-7(5-6)9(11)10(2,12)13-8/h3-5,12H,1-2H3. The minimum atomic E-state index is -1.68. The van der Waals surface area contributed by atoms with Crippen molar-refractivity contribution in [2.75, 3.05) is 0 Å². The largest absolute Gasteiger partial charge is 0.454 e. The highest BCUT2D eigenvalue weighted by Crippen LogP contribution is 2.33. The Bertz CT molecular complexity index is 380. The maximum atomic E-state index is 11.5. The van der Waals surface area contributed by atoms with Crippen LogP contribution < -0.4 is 4.74 Å². The third-order valence-electron chi connectivity index (χ3n) is 2.11. The number of carbonyl (C=O) groups excluding carboxylic acids is 1. The van der Waals surface area contributed by atoms with Crippen molar-refractivity contribution in [3.8, 4) is 5.75 Å². The number of ether oxygens (including phenoxy) is 1. The van der Waals surface area contributed by atoms with E-state index in [-0.39, 0.29) is 5.78 Å². The lowest BCUT2D eigenvalue weighted by molar-refractivity contribution is -0.0749. The number of rotatable bonds is 0. The molecule has 3 heteroatoms. The van der Waals surface area contributed by atoms with Gasteiger partial charge in [-0.2, -0.15) is 0 Å². The van der Waals surface area contributed by atoms with E-state index in [0.29, 0.717) is 11.3 Å². The topological polar surface area (TPSA) is 46.5 Å². The molecule has 1 aliphatic rings. The number of hydrogen-bond acceptors (Lipinski definition) is 3. The molecule has 1 aromatic carbocycles. The third-order valence-corrected chi connectivity index (χ3v) is 2.11. The summed E-state index contributed by atoms with van der Waals surface area (Å²) in [5.41, 5.74) is 1.44. The molecule has 3 nitrogen and oxygen atoms in total. The molecule has 1 N–H and O–H groups in total. The lowest BCUT2D eigenvalue weighted by atomic mass is 10.1. The molecule has 1 unspecified atom stereocenters. The Hall–Kier alpha value is -1.35. The predicted octanol–water partition coefficient (Wildman–Crippen LogP) is 1.28. The monoisotopic (exact) mass is 178 g/mol. The second-order valence-electron chi connectivity index (χ2n) is 3.41. The first-order valence-corrected chi connectivity index (χ1v) is 4.07. The lowest BCUT2D eigenvalue weighted by Gasteiger charge is -2.13. The molecule has 0 saturated carbocycles. The zero-order chi connectivity index (χ0) is 9.64. The number of hydrogen-bond donors (Lipinski definition) is 1. The van der Waals surface area contributed by atoms with Crippen molar-refractivity contribution < 1.29 is 14.6 Å². The van der Waals surface area contributed by atoms with Gasteiger partial charge in [0.05, 0.1) is 5.56 Å². The van der Waals surface area contributed by atoms with Gasteiger partial charge in [0, 0.05) is 6.92 Å². The molecule has 0 spiro atoms. The molecule has 0 aromatic heterocycles.